The number of amides is 1. The molecule has 5 heteroatoms. The van der Waals surface area contributed by atoms with Crippen molar-refractivity contribution in [1.29, 1.82) is 0 Å². The van der Waals surface area contributed by atoms with E-state index in [-0.39, 0.29) is 18.3 Å². The molecule has 1 N–H and O–H groups in total. The van der Waals surface area contributed by atoms with Gasteiger partial charge in [-0.05, 0) is 58.2 Å². The molecule has 0 aromatic rings. The molecule has 0 bridgehead atoms. The van der Waals surface area contributed by atoms with Crippen LogP contribution in [0.5, 0.6) is 0 Å². The Morgan fingerprint density at radius 1 is 1.15 bits per heavy atom. The molecule has 3 unspecified atom stereocenters. The van der Waals surface area contributed by atoms with Gasteiger partial charge in [0, 0.05) is 25.7 Å². The summed E-state index contributed by atoms with van der Waals surface area (Å²) in [7, 11) is 2.25. The summed E-state index contributed by atoms with van der Waals surface area (Å²) in [4.78, 5) is 17.3. The first-order valence-electron chi connectivity index (χ1n) is 7.95. The van der Waals surface area contributed by atoms with Gasteiger partial charge in [0.05, 0.1) is 5.92 Å². The van der Waals surface area contributed by atoms with Gasteiger partial charge in [-0.2, -0.15) is 0 Å². The largest absolute Gasteiger partial charge is 0.342 e. The fourth-order valence-corrected chi connectivity index (χ4v) is 4.17. The molecular formula is C15H28ClN3O. The van der Waals surface area contributed by atoms with E-state index in [2.05, 4.69) is 22.2 Å². The summed E-state index contributed by atoms with van der Waals surface area (Å²) >= 11 is 0. The fourth-order valence-electron chi connectivity index (χ4n) is 4.17. The SMILES string of the molecule is CN1CCCC2CN(C(=O)C3CCCNC3)CCC21.Cl. The molecule has 3 heterocycles. The van der Waals surface area contributed by atoms with Crippen molar-refractivity contribution in [3.63, 3.8) is 0 Å². The van der Waals surface area contributed by atoms with Crippen molar-refractivity contribution in [2.75, 3.05) is 39.8 Å². The zero-order chi connectivity index (χ0) is 13.2. The van der Waals surface area contributed by atoms with Crippen LogP contribution >= 0.6 is 12.4 Å². The zero-order valence-corrected chi connectivity index (χ0v) is 13.3. The van der Waals surface area contributed by atoms with Crippen LogP contribution in [0.1, 0.15) is 32.1 Å². The predicted molar refractivity (Wildman–Crippen MR) is 83.2 cm³/mol. The highest BCUT2D eigenvalue weighted by Crippen LogP contribution is 2.30. The van der Waals surface area contributed by atoms with Gasteiger partial charge in [0.1, 0.15) is 0 Å². The van der Waals surface area contributed by atoms with Crippen LogP contribution in [0.4, 0.5) is 0 Å². The van der Waals surface area contributed by atoms with Crippen molar-refractivity contribution >= 4 is 18.3 Å². The van der Waals surface area contributed by atoms with Crippen LogP contribution < -0.4 is 5.32 Å². The molecule has 4 nitrogen and oxygen atoms in total. The lowest BCUT2D eigenvalue weighted by molar-refractivity contribution is -0.139. The van der Waals surface area contributed by atoms with Gasteiger partial charge in [-0.1, -0.05) is 0 Å². The molecule has 1 amide bonds. The third-order valence-corrected chi connectivity index (χ3v) is 5.30. The number of nitrogens with zero attached hydrogens (tertiary/aromatic N) is 2. The maximum absolute atomic E-state index is 12.6. The first kappa shape index (κ1) is 16.1. The summed E-state index contributed by atoms with van der Waals surface area (Å²) in [5.41, 5.74) is 0. The molecule has 3 saturated heterocycles. The van der Waals surface area contributed by atoms with Crippen molar-refractivity contribution in [2.45, 2.75) is 38.1 Å². The Kier molecular flexibility index (Phi) is 5.70. The molecule has 0 radical (unpaired) electrons. The molecule has 3 aliphatic rings. The van der Waals surface area contributed by atoms with Gasteiger partial charge in [0.25, 0.3) is 0 Å². The minimum absolute atomic E-state index is 0. The molecule has 0 spiro atoms. The topological polar surface area (TPSA) is 35.6 Å². The van der Waals surface area contributed by atoms with E-state index >= 15 is 0 Å². The van der Waals surface area contributed by atoms with Gasteiger partial charge < -0.3 is 15.1 Å². The number of rotatable bonds is 1. The van der Waals surface area contributed by atoms with E-state index < -0.39 is 0 Å². The van der Waals surface area contributed by atoms with Crippen LogP contribution in [0.3, 0.4) is 0 Å². The highest BCUT2D eigenvalue weighted by Gasteiger charge is 2.37. The zero-order valence-electron chi connectivity index (χ0n) is 12.5. The summed E-state index contributed by atoms with van der Waals surface area (Å²) in [5, 5.41) is 3.36. The van der Waals surface area contributed by atoms with E-state index in [0.29, 0.717) is 11.8 Å². The molecule has 0 aromatic heterocycles. The summed E-state index contributed by atoms with van der Waals surface area (Å²) in [6, 6.07) is 0.724. The summed E-state index contributed by atoms with van der Waals surface area (Å²) in [6.45, 7) is 5.19. The second kappa shape index (κ2) is 7.10. The summed E-state index contributed by atoms with van der Waals surface area (Å²) in [5.74, 6) is 1.37. The second-order valence-electron chi connectivity index (χ2n) is 6.57. The lowest BCUT2D eigenvalue weighted by Crippen LogP contribution is -2.55. The van der Waals surface area contributed by atoms with Crippen LogP contribution in [0.2, 0.25) is 0 Å². The molecule has 3 fully saturated rings. The molecule has 3 rings (SSSR count). The number of piperidine rings is 3. The maximum atomic E-state index is 12.6. The van der Waals surface area contributed by atoms with Crippen molar-refractivity contribution < 1.29 is 4.79 Å². The van der Waals surface area contributed by atoms with Crippen LogP contribution in [-0.2, 0) is 4.79 Å². The Labute approximate surface area is 128 Å². The van der Waals surface area contributed by atoms with Crippen LogP contribution in [-0.4, -0.2) is 61.5 Å². The Morgan fingerprint density at radius 3 is 2.75 bits per heavy atom. The number of fused-ring (bicyclic) bond motifs is 1. The lowest BCUT2D eigenvalue weighted by Gasteiger charge is -2.46. The van der Waals surface area contributed by atoms with Crippen molar-refractivity contribution in [2.24, 2.45) is 11.8 Å². The minimum atomic E-state index is 0. The second-order valence-corrected chi connectivity index (χ2v) is 6.57. The number of hydrogen-bond donors (Lipinski definition) is 1. The Bertz CT molecular complexity index is 333. The fraction of sp³-hybridized carbons (Fsp3) is 0.933. The van der Waals surface area contributed by atoms with E-state index in [1.807, 2.05) is 0 Å². The van der Waals surface area contributed by atoms with Gasteiger partial charge in [-0.25, -0.2) is 0 Å². The molecule has 3 aliphatic heterocycles. The van der Waals surface area contributed by atoms with Gasteiger partial charge in [-0.3, -0.25) is 4.79 Å². The number of hydrogen-bond acceptors (Lipinski definition) is 3. The standard InChI is InChI=1S/C15H27N3O.ClH/c1-17-8-3-5-13-11-18(9-6-14(13)17)15(19)12-4-2-7-16-10-12;/h12-14,16H,2-11H2,1H3;1H. The number of carbonyl (C=O) groups excluding carboxylic acids is 1. The van der Waals surface area contributed by atoms with E-state index in [0.717, 1.165) is 45.1 Å². The smallest absolute Gasteiger partial charge is 0.226 e. The molecule has 20 heavy (non-hydrogen) atoms. The Morgan fingerprint density at radius 2 is 2.00 bits per heavy atom. The third kappa shape index (κ3) is 3.29. The molecule has 0 saturated carbocycles. The molecule has 116 valence electrons. The Balaban J connectivity index is 0.00000147. The highest BCUT2D eigenvalue weighted by atomic mass is 35.5. The van der Waals surface area contributed by atoms with Gasteiger partial charge in [0.2, 0.25) is 5.91 Å². The molecular weight excluding hydrogens is 274 g/mol. The molecule has 3 atom stereocenters. The number of carbonyl (C=O) groups is 1. The van der Waals surface area contributed by atoms with Crippen molar-refractivity contribution in [1.82, 2.24) is 15.1 Å². The Hall–Kier alpha value is -0.320. The van der Waals surface area contributed by atoms with E-state index in [1.54, 1.807) is 0 Å². The first-order valence-corrected chi connectivity index (χ1v) is 7.95. The number of likely N-dealkylation sites (tertiary alicyclic amines) is 2. The average Bonchev–Trinajstić information content (AvgIpc) is 2.47. The lowest BCUT2D eigenvalue weighted by atomic mass is 9.83. The third-order valence-electron chi connectivity index (χ3n) is 5.30. The first-order chi connectivity index (χ1) is 9.25. The van der Waals surface area contributed by atoms with Crippen LogP contribution in [0.15, 0.2) is 0 Å². The van der Waals surface area contributed by atoms with Crippen molar-refractivity contribution in [3.05, 3.63) is 0 Å². The van der Waals surface area contributed by atoms with Crippen molar-refractivity contribution in [3.8, 4) is 0 Å². The van der Waals surface area contributed by atoms with Gasteiger partial charge in [-0.15, -0.1) is 12.4 Å². The summed E-state index contributed by atoms with van der Waals surface area (Å²) < 4.78 is 0. The maximum Gasteiger partial charge on any atom is 0.226 e. The van der Waals surface area contributed by atoms with Gasteiger partial charge in [0.15, 0.2) is 0 Å². The van der Waals surface area contributed by atoms with E-state index in [1.165, 1.54) is 25.8 Å². The monoisotopic (exact) mass is 301 g/mol. The van der Waals surface area contributed by atoms with Crippen LogP contribution in [0, 0.1) is 11.8 Å². The predicted octanol–water partition coefficient (Wildman–Crippen LogP) is 1.35. The molecule has 0 aliphatic carbocycles. The van der Waals surface area contributed by atoms with Crippen LogP contribution in [0.25, 0.3) is 0 Å². The number of nitrogens with one attached hydrogen (secondary N) is 1. The van der Waals surface area contributed by atoms with E-state index in [4.69, 9.17) is 0 Å². The normalized spacial score (nSPS) is 35.0. The quantitative estimate of drug-likeness (QED) is 0.794. The summed E-state index contributed by atoms with van der Waals surface area (Å²) in [6.07, 6.45) is 6.01. The van der Waals surface area contributed by atoms with Gasteiger partial charge >= 0.3 is 0 Å². The average molecular weight is 302 g/mol. The highest BCUT2D eigenvalue weighted by molar-refractivity contribution is 5.85. The molecule has 0 aromatic carbocycles. The number of halogens is 1. The van der Waals surface area contributed by atoms with E-state index in [9.17, 15) is 4.79 Å². The minimum Gasteiger partial charge on any atom is -0.342 e.